The minimum Gasteiger partial charge on any atom is -0.492 e. The first-order valence-electron chi connectivity index (χ1n) is 11.4. The molecule has 6 nitrogen and oxygen atoms in total. The molecule has 34 heavy (non-hydrogen) atoms. The second-order valence-corrected chi connectivity index (χ2v) is 10.7. The number of sulfonamides is 1. The van der Waals surface area contributed by atoms with Crippen molar-refractivity contribution in [2.75, 3.05) is 24.0 Å². The lowest BCUT2D eigenvalue weighted by Crippen LogP contribution is -2.43. The third-order valence-corrected chi connectivity index (χ3v) is 7.98. The number of fused-ring (bicyclic) bond motifs is 3. The van der Waals surface area contributed by atoms with E-state index in [1.165, 1.54) is 9.87 Å². The van der Waals surface area contributed by atoms with Crippen LogP contribution in [0.1, 0.15) is 36.5 Å². The van der Waals surface area contributed by atoms with Crippen molar-refractivity contribution in [2.24, 2.45) is 0 Å². The van der Waals surface area contributed by atoms with Crippen LogP contribution in [0, 0.1) is 13.8 Å². The van der Waals surface area contributed by atoms with E-state index >= 15 is 0 Å². The second kappa shape index (κ2) is 9.50. The molecule has 0 spiro atoms. The van der Waals surface area contributed by atoms with Crippen molar-refractivity contribution in [3.8, 4) is 16.9 Å². The number of anilines is 1. The van der Waals surface area contributed by atoms with Crippen LogP contribution in [0.4, 0.5) is 5.69 Å². The maximum atomic E-state index is 13.4. The molecule has 7 heteroatoms. The van der Waals surface area contributed by atoms with Gasteiger partial charge in [0.05, 0.1) is 17.1 Å². The second-order valence-electron chi connectivity index (χ2n) is 8.88. The molecule has 1 N–H and O–H groups in total. The lowest BCUT2D eigenvalue weighted by atomic mass is 9.95. The van der Waals surface area contributed by atoms with Gasteiger partial charge < -0.3 is 10.1 Å². The van der Waals surface area contributed by atoms with E-state index in [-0.39, 0.29) is 30.5 Å². The molecule has 1 amide bonds. The molecule has 0 unspecified atom stereocenters. The third-order valence-electron chi connectivity index (χ3n) is 6.16. The molecular formula is C27H30N2O4S. The summed E-state index contributed by atoms with van der Waals surface area (Å²) in [6.45, 7) is 8.51. The van der Waals surface area contributed by atoms with Gasteiger partial charge in [0.2, 0.25) is 5.91 Å². The van der Waals surface area contributed by atoms with Crippen LogP contribution in [-0.4, -0.2) is 34.0 Å². The summed E-state index contributed by atoms with van der Waals surface area (Å²) < 4.78 is 33.8. The highest BCUT2D eigenvalue weighted by molar-refractivity contribution is 7.93. The molecule has 0 saturated heterocycles. The van der Waals surface area contributed by atoms with Crippen molar-refractivity contribution in [2.45, 2.75) is 38.5 Å². The molecule has 4 rings (SSSR count). The van der Waals surface area contributed by atoms with Crippen LogP contribution in [0.5, 0.6) is 5.75 Å². The van der Waals surface area contributed by atoms with Gasteiger partial charge in [0.1, 0.15) is 18.9 Å². The Morgan fingerprint density at radius 2 is 1.74 bits per heavy atom. The number of nitrogens with zero attached hydrogens (tertiary/aromatic N) is 1. The highest BCUT2D eigenvalue weighted by Crippen LogP contribution is 2.43. The van der Waals surface area contributed by atoms with Crippen LogP contribution < -0.4 is 14.4 Å². The van der Waals surface area contributed by atoms with Gasteiger partial charge in [-0.2, -0.15) is 0 Å². The minimum absolute atomic E-state index is 0.217. The van der Waals surface area contributed by atoms with E-state index < -0.39 is 10.0 Å². The van der Waals surface area contributed by atoms with Gasteiger partial charge in [0.25, 0.3) is 10.0 Å². The predicted octanol–water partition coefficient (Wildman–Crippen LogP) is 4.80. The summed E-state index contributed by atoms with van der Waals surface area (Å²) in [7, 11) is -3.87. The minimum atomic E-state index is -3.87. The molecule has 1 heterocycles. The van der Waals surface area contributed by atoms with Crippen molar-refractivity contribution in [1.29, 1.82) is 0 Å². The van der Waals surface area contributed by atoms with Gasteiger partial charge in [-0.1, -0.05) is 44.2 Å². The Kier molecular flexibility index (Phi) is 6.66. The van der Waals surface area contributed by atoms with Crippen molar-refractivity contribution in [3.05, 3.63) is 77.4 Å². The van der Waals surface area contributed by atoms with Crippen LogP contribution in [0.3, 0.4) is 0 Å². The molecule has 1 aliphatic rings. The lowest BCUT2D eigenvalue weighted by molar-refractivity contribution is -0.119. The average molecular weight is 479 g/mol. The first kappa shape index (κ1) is 23.8. The van der Waals surface area contributed by atoms with E-state index in [0.29, 0.717) is 17.2 Å². The number of hydrogen-bond acceptors (Lipinski definition) is 4. The normalized spacial score (nSPS) is 13.9. The fourth-order valence-electron chi connectivity index (χ4n) is 4.03. The number of carbonyl (C=O) groups is 1. The topological polar surface area (TPSA) is 75.7 Å². The Morgan fingerprint density at radius 3 is 2.47 bits per heavy atom. The van der Waals surface area contributed by atoms with E-state index in [4.69, 9.17) is 4.74 Å². The number of carbonyl (C=O) groups excluding carboxylic acids is 1. The van der Waals surface area contributed by atoms with E-state index in [0.717, 1.165) is 22.4 Å². The molecule has 0 fully saturated rings. The monoisotopic (exact) mass is 478 g/mol. The molecule has 3 aromatic carbocycles. The van der Waals surface area contributed by atoms with E-state index in [2.05, 4.69) is 19.2 Å². The number of amides is 1. The zero-order chi connectivity index (χ0) is 24.5. The number of aryl methyl sites for hydroxylation is 2. The molecule has 0 saturated carbocycles. The summed E-state index contributed by atoms with van der Waals surface area (Å²) in [6, 6.07) is 18.5. The van der Waals surface area contributed by atoms with E-state index in [1.807, 2.05) is 56.3 Å². The van der Waals surface area contributed by atoms with Crippen molar-refractivity contribution in [3.63, 3.8) is 0 Å². The Balaban J connectivity index is 1.50. The molecule has 178 valence electrons. The van der Waals surface area contributed by atoms with Crippen LogP contribution >= 0.6 is 0 Å². The highest BCUT2D eigenvalue weighted by Gasteiger charge is 2.36. The quantitative estimate of drug-likeness (QED) is 0.495. The summed E-state index contributed by atoms with van der Waals surface area (Å²) in [5, 5.41) is 2.78. The molecular weight excluding hydrogens is 448 g/mol. The standard InChI is InChI=1S/C27H30N2O4S/c1-18(2)21-10-12-25-24(16-21)23-7-5-6-8-26(23)34(31,32)29(25)17-27(30)28-13-14-33-22-11-9-19(3)20(4)15-22/h5-12,15-16,18H,13-14,17H2,1-4H3,(H,28,30). The Morgan fingerprint density at radius 1 is 0.971 bits per heavy atom. The molecule has 0 atom stereocenters. The number of ether oxygens (including phenoxy) is 1. The van der Waals surface area contributed by atoms with Gasteiger partial charge in [0, 0.05) is 11.1 Å². The highest BCUT2D eigenvalue weighted by atomic mass is 32.2. The van der Waals surface area contributed by atoms with Crippen LogP contribution in [-0.2, 0) is 14.8 Å². The molecule has 0 bridgehead atoms. The van der Waals surface area contributed by atoms with Gasteiger partial charge in [-0.3, -0.25) is 9.10 Å². The fraction of sp³-hybridized carbons (Fsp3) is 0.296. The number of rotatable bonds is 7. The molecule has 1 aliphatic heterocycles. The van der Waals surface area contributed by atoms with Gasteiger partial charge in [-0.25, -0.2) is 8.42 Å². The van der Waals surface area contributed by atoms with Crippen LogP contribution in [0.2, 0.25) is 0 Å². The first-order chi connectivity index (χ1) is 16.2. The van der Waals surface area contributed by atoms with E-state index in [9.17, 15) is 13.2 Å². The smallest absolute Gasteiger partial charge is 0.265 e. The maximum absolute atomic E-state index is 13.4. The Labute approximate surface area is 201 Å². The van der Waals surface area contributed by atoms with Gasteiger partial charge in [0.15, 0.2) is 0 Å². The van der Waals surface area contributed by atoms with Crippen LogP contribution in [0.25, 0.3) is 11.1 Å². The average Bonchev–Trinajstić information content (AvgIpc) is 2.81. The van der Waals surface area contributed by atoms with Gasteiger partial charge in [-0.15, -0.1) is 0 Å². The summed E-state index contributed by atoms with van der Waals surface area (Å²) in [4.78, 5) is 13.0. The first-order valence-corrected chi connectivity index (χ1v) is 12.9. The zero-order valence-electron chi connectivity index (χ0n) is 20.0. The van der Waals surface area contributed by atoms with Crippen LogP contribution in [0.15, 0.2) is 65.6 Å². The molecule has 0 aromatic heterocycles. The van der Waals surface area contributed by atoms with Gasteiger partial charge in [-0.05, 0) is 66.8 Å². The summed E-state index contributed by atoms with van der Waals surface area (Å²) in [5.41, 5.74) is 5.44. The maximum Gasteiger partial charge on any atom is 0.265 e. The number of hydrogen-bond donors (Lipinski definition) is 1. The molecule has 0 radical (unpaired) electrons. The molecule has 0 aliphatic carbocycles. The number of benzene rings is 3. The largest absolute Gasteiger partial charge is 0.492 e. The third kappa shape index (κ3) is 4.66. The van der Waals surface area contributed by atoms with Crippen molar-refractivity contribution < 1.29 is 17.9 Å². The predicted molar refractivity (Wildman–Crippen MR) is 135 cm³/mol. The van der Waals surface area contributed by atoms with Crippen molar-refractivity contribution in [1.82, 2.24) is 5.32 Å². The Bertz CT molecular complexity index is 1330. The van der Waals surface area contributed by atoms with E-state index in [1.54, 1.807) is 18.2 Å². The van der Waals surface area contributed by atoms with Gasteiger partial charge >= 0.3 is 0 Å². The molecule has 3 aromatic rings. The summed E-state index contributed by atoms with van der Waals surface area (Å²) >= 11 is 0. The fourth-order valence-corrected chi connectivity index (χ4v) is 5.68. The lowest BCUT2D eigenvalue weighted by Gasteiger charge is -2.32. The zero-order valence-corrected chi connectivity index (χ0v) is 20.8. The van der Waals surface area contributed by atoms with Crippen molar-refractivity contribution >= 4 is 21.6 Å². The number of nitrogens with one attached hydrogen (secondary N) is 1. The summed E-state index contributed by atoms with van der Waals surface area (Å²) in [5.74, 6) is 0.651. The summed E-state index contributed by atoms with van der Waals surface area (Å²) in [6.07, 6.45) is 0. The Hall–Kier alpha value is -3.32. The SMILES string of the molecule is Cc1ccc(OCCNC(=O)CN2c3ccc(C(C)C)cc3-c3ccccc3S2(=O)=O)cc1C.